The van der Waals surface area contributed by atoms with Crippen molar-refractivity contribution in [2.24, 2.45) is 0 Å². The lowest BCUT2D eigenvalue weighted by molar-refractivity contribution is -0.697. The Labute approximate surface area is 131 Å². The second-order valence-electron chi connectivity index (χ2n) is 6.00. The van der Waals surface area contributed by atoms with Gasteiger partial charge in [0.1, 0.15) is 6.54 Å². The average Bonchev–Trinajstić information content (AvgIpc) is 2.49. The largest absolute Gasteiger partial charge is 0.870 e. The summed E-state index contributed by atoms with van der Waals surface area (Å²) in [6.45, 7) is 3.47. The summed E-state index contributed by atoms with van der Waals surface area (Å²) in [5, 5.41) is 0. The zero-order valence-corrected chi connectivity index (χ0v) is 14.0. The van der Waals surface area contributed by atoms with Crippen LogP contribution in [0.15, 0.2) is 30.6 Å². The molecule has 0 atom stereocenters. The number of hydrogen-bond acceptors (Lipinski definition) is 1. The fraction of sp³-hybridized carbons (Fsp3) is 0.737. The highest BCUT2D eigenvalue weighted by Gasteiger charge is 1.97. The molecule has 0 saturated carbocycles. The smallest absolute Gasteiger partial charge is 0.168 e. The Bertz CT molecular complexity index is 300. The first kappa shape index (κ1) is 20.1. The van der Waals surface area contributed by atoms with E-state index in [0.29, 0.717) is 0 Å². The lowest BCUT2D eigenvalue weighted by Crippen LogP contribution is -2.32. The minimum absolute atomic E-state index is 0. The van der Waals surface area contributed by atoms with Gasteiger partial charge in [0.05, 0.1) is 0 Å². The SMILES string of the molecule is CCCCCCCCCCCCCC[n+]1ccccc1.[OH-]. The Balaban J connectivity index is 0.00000400. The van der Waals surface area contributed by atoms with Crippen LogP contribution in [0.3, 0.4) is 0 Å². The molecule has 0 aliphatic heterocycles. The number of aryl methyl sites for hydroxylation is 1. The third-order valence-electron chi connectivity index (χ3n) is 4.05. The molecule has 1 aromatic rings. The van der Waals surface area contributed by atoms with Crippen molar-refractivity contribution in [3.05, 3.63) is 30.6 Å². The van der Waals surface area contributed by atoms with Crippen molar-refractivity contribution >= 4 is 0 Å². The number of rotatable bonds is 13. The van der Waals surface area contributed by atoms with Crippen molar-refractivity contribution < 1.29 is 10.0 Å². The molecular formula is C19H35NO. The minimum Gasteiger partial charge on any atom is -0.870 e. The van der Waals surface area contributed by atoms with Crippen LogP contribution in [0.1, 0.15) is 84.0 Å². The molecule has 1 N–H and O–H groups in total. The quantitative estimate of drug-likeness (QED) is 0.349. The van der Waals surface area contributed by atoms with Crippen LogP contribution >= 0.6 is 0 Å². The van der Waals surface area contributed by atoms with Gasteiger partial charge in [-0.25, -0.2) is 4.57 Å². The summed E-state index contributed by atoms with van der Waals surface area (Å²) < 4.78 is 2.29. The molecule has 1 rings (SSSR count). The lowest BCUT2D eigenvalue weighted by Gasteiger charge is -2.02. The Hall–Kier alpha value is -0.890. The Morgan fingerprint density at radius 3 is 1.48 bits per heavy atom. The van der Waals surface area contributed by atoms with Gasteiger partial charge in [-0.2, -0.15) is 0 Å². The molecule has 21 heavy (non-hydrogen) atoms. The van der Waals surface area contributed by atoms with Crippen LogP contribution in [-0.2, 0) is 6.54 Å². The maximum atomic E-state index is 2.29. The first-order valence-electron chi connectivity index (χ1n) is 8.87. The van der Waals surface area contributed by atoms with Crippen LogP contribution in [-0.4, -0.2) is 5.48 Å². The van der Waals surface area contributed by atoms with Crippen LogP contribution in [0.5, 0.6) is 0 Å². The van der Waals surface area contributed by atoms with Gasteiger partial charge in [-0.15, -0.1) is 0 Å². The predicted octanol–water partition coefficient (Wildman–Crippen LogP) is 5.50. The molecule has 0 unspecified atom stereocenters. The summed E-state index contributed by atoms with van der Waals surface area (Å²) in [4.78, 5) is 0. The first-order chi connectivity index (χ1) is 9.93. The molecule has 2 nitrogen and oxygen atoms in total. The topological polar surface area (TPSA) is 33.9 Å². The number of unbranched alkanes of at least 4 members (excludes halogenated alkanes) is 11. The van der Waals surface area contributed by atoms with Gasteiger partial charge in [-0.05, 0) is 6.42 Å². The fourth-order valence-corrected chi connectivity index (χ4v) is 2.72. The molecule has 1 aromatic heterocycles. The van der Waals surface area contributed by atoms with Crippen LogP contribution in [0, 0.1) is 0 Å². The van der Waals surface area contributed by atoms with Gasteiger partial charge in [0, 0.05) is 18.6 Å². The maximum absolute atomic E-state index is 2.29. The summed E-state index contributed by atoms with van der Waals surface area (Å²) in [6.07, 6.45) is 21.4. The second-order valence-corrected chi connectivity index (χ2v) is 6.00. The number of nitrogens with zero attached hydrogens (tertiary/aromatic N) is 1. The van der Waals surface area contributed by atoms with Crippen molar-refractivity contribution in [3.8, 4) is 0 Å². The minimum atomic E-state index is 0. The molecule has 122 valence electrons. The standard InChI is InChI=1S/C19H34N.H2O/c1-2-3-4-5-6-7-8-9-10-11-12-14-17-20-18-15-13-16-19-20;/h13,15-16,18-19H,2-12,14,17H2,1H3;1H2/q+1;/p-1. The van der Waals surface area contributed by atoms with E-state index in [-0.39, 0.29) is 5.48 Å². The normalized spacial score (nSPS) is 10.3. The van der Waals surface area contributed by atoms with Crippen molar-refractivity contribution in [1.82, 2.24) is 0 Å². The molecule has 0 saturated heterocycles. The molecule has 0 aromatic carbocycles. The average molecular weight is 293 g/mol. The third-order valence-corrected chi connectivity index (χ3v) is 4.05. The predicted molar refractivity (Wildman–Crippen MR) is 89.7 cm³/mol. The molecule has 0 bridgehead atoms. The molecular weight excluding hydrogens is 258 g/mol. The zero-order chi connectivity index (χ0) is 14.3. The summed E-state index contributed by atoms with van der Waals surface area (Å²) in [7, 11) is 0. The van der Waals surface area contributed by atoms with Gasteiger partial charge in [0.15, 0.2) is 12.4 Å². The zero-order valence-electron chi connectivity index (χ0n) is 14.0. The van der Waals surface area contributed by atoms with Crippen molar-refractivity contribution in [2.45, 2.75) is 90.5 Å². The van der Waals surface area contributed by atoms with Crippen molar-refractivity contribution in [2.75, 3.05) is 0 Å². The summed E-state index contributed by atoms with van der Waals surface area (Å²) in [5.41, 5.74) is 0. The molecule has 0 spiro atoms. The van der Waals surface area contributed by atoms with Gasteiger partial charge in [-0.3, -0.25) is 0 Å². The Kier molecular flexibility index (Phi) is 14.8. The Morgan fingerprint density at radius 1 is 0.571 bits per heavy atom. The summed E-state index contributed by atoms with van der Waals surface area (Å²) in [5.74, 6) is 0. The van der Waals surface area contributed by atoms with Crippen LogP contribution in [0.2, 0.25) is 0 Å². The van der Waals surface area contributed by atoms with Gasteiger partial charge in [-0.1, -0.05) is 77.2 Å². The van der Waals surface area contributed by atoms with Crippen LogP contribution in [0.25, 0.3) is 0 Å². The van der Waals surface area contributed by atoms with E-state index < -0.39 is 0 Å². The molecule has 0 radical (unpaired) electrons. The Morgan fingerprint density at radius 2 is 1.00 bits per heavy atom. The molecule has 0 aliphatic carbocycles. The van der Waals surface area contributed by atoms with E-state index >= 15 is 0 Å². The van der Waals surface area contributed by atoms with Crippen molar-refractivity contribution in [1.29, 1.82) is 0 Å². The van der Waals surface area contributed by atoms with Crippen molar-refractivity contribution in [3.63, 3.8) is 0 Å². The molecule has 0 fully saturated rings. The highest BCUT2D eigenvalue weighted by Crippen LogP contribution is 2.11. The first-order valence-corrected chi connectivity index (χ1v) is 8.87. The third kappa shape index (κ3) is 12.6. The second kappa shape index (κ2) is 15.5. The van der Waals surface area contributed by atoms with Gasteiger partial charge < -0.3 is 5.48 Å². The molecule has 0 aliphatic rings. The highest BCUT2D eigenvalue weighted by atomic mass is 16.0. The van der Waals surface area contributed by atoms with Crippen LogP contribution < -0.4 is 4.57 Å². The van der Waals surface area contributed by atoms with E-state index in [1.165, 1.54) is 83.6 Å². The molecule has 1 heterocycles. The van der Waals surface area contributed by atoms with Crippen LogP contribution in [0.4, 0.5) is 0 Å². The van der Waals surface area contributed by atoms with Gasteiger partial charge in [0.25, 0.3) is 0 Å². The van der Waals surface area contributed by atoms with E-state index in [1.54, 1.807) is 0 Å². The molecule has 2 heteroatoms. The summed E-state index contributed by atoms with van der Waals surface area (Å²) >= 11 is 0. The highest BCUT2D eigenvalue weighted by molar-refractivity contribution is 4.83. The number of aromatic nitrogens is 1. The van der Waals surface area contributed by atoms with E-state index in [2.05, 4.69) is 42.1 Å². The van der Waals surface area contributed by atoms with Gasteiger partial charge >= 0.3 is 0 Å². The summed E-state index contributed by atoms with van der Waals surface area (Å²) in [6, 6.07) is 6.31. The van der Waals surface area contributed by atoms with E-state index in [4.69, 9.17) is 0 Å². The number of hydrogen-bond donors (Lipinski definition) is 0. The monoisotopic (exact) mass is 293 g/mol. The fourth-order valence-electron chi connectivity index (χ4n) is 2.72. The van der Waals surface area contributed by atoms with E-state index in [1.807, 2.05) is 0 Å². The van der Waals surface area contributed by atoms with E-state index in [9.17, 15) is 0 Å². The maximum Gasteiger partial charge on any atom is 0.168 e. The molecule has 0 amide bonds. The van der Waals surface area contributed by atoms with Gasteiger partial charge in [0.2, 0.25) is 0 Å². The lowest BCUT2D eigenvalue weighted by atomic mass is 10.1. The number of pyridine rings is 1. The van der Waals surface area contributed by atoms with E-state index in [0.717, 1.165) is 0 Å².